The van der Waals surface area contributed by atoms with Crippen LogP contribution in [0.15, 0.2) is 33.7 Å². The van der Waals surface area contributed by atoms with E-state index in [1.54, 1.807) is 11.3 Å². The summed E-state index contributed by atoms with van der Waals surface area (Å²) in [5.41, 5.74) is 6.60. The second-order valence-corrected chi connectivity index (χ2v) is 9.51. The van der Waals surface area contributed by atoms with Gasteiger partial charge in [0.1, 0.15) is 5.00 Å². The van der Waals surface area contributed by atoms with Crippen molar-refractivity contribution in [2.24, 2.45) is 4.99 Å². The van der Waals surface area contributed by atoms with Crippen LogP contribution in [0.1, 0.15) is 56.2 Å². The molecule has 0 spiro atoms. The van der Waals surface area contributed by atoms with E-state index in [1.807, 2.05) is 45.2 Å². The molecule has 0 amide bonds. The first-order valence-electron chi connectivity index (χ1n) is 9.74. The number of carbonyl (C=O) groups is 1. The highest BCUT2D eigenvalue weighted by molar-refractivity contribution is 9.10. The Bertz CT molecular complexity index is 1140. The minimum Gasteiger partial charge on any atom is -0.478 e. The summed E-state index contributed by atoms with van der Waals surface area (Å²) < 4.78 is 3.04. The second-order valence-electron chi connectivity index (χ2n) is 7.57. The summed E-state index contributed by atoms with van der Waals surface area (Å²) in [5.74, 6) is -0.828. The second kappa shape index (κ2) is 7.92. The highest BCUT2D eigenvalue weighted by Gasteiger charge is 2.27. The lowest BCUT2D eigenvalue weighted by atomic mass is 9.95. The van der Waals surface area contributed by atoms with Gasteiger partial charge >= 0.3 is 5.97 Å². The van der Waals surface area contributed by atoms with Crippen LogP contribution in [0.25, 0.3) is 5.00 Å². The monoisotopic (exact) mass is 470 g/mol. The molecule has 0 aliphatic heterocycles. The molecule has 0 saturated carbocycles. The highest BCUT2D eigenvalue weighted by atomic mass is 79.9. The number of fused-ring (bicyclic) bond motifs is 1. The number of aryl methyl sites for hydroxylation is 3. The van der Waals surface area contributed by atoms with E-state index in [1.165, 1.54) is 10.4 Å². The van der Waals surface area contributed by atoms with Crippen LogP contribution in [0.2, 0.25) is 0 Å². The quantitative estimate of drug-likeness (QED) is 0.439. The van der Waals surface area contributed by atoms with Gasteiger partial charge in [-0.3, -0.25) is 4.99 Å². The van der Waals surface area contributed by atoms with Gasteiger partial charge in [0.2, 0.25) is 0 Å². The Hall–Kier alpha value is -2.18. The van der Waals surface area contributed by atoms with E-state index in [9.17, 15) is 9.90 Å². The molecule has 0 radical (unpaired) electrons. The maximum atomic E-state index is 12.1. The molecule has 0 unspecified atom stereocenters. The van der Waals surface area contributed by atoms with Crippen LogP contribution >= 0.6 is 27.3 Å². The van der Waals surface area contributed by atoms with Gasteiger partial charge in [0, 0.05) is 32.5 Å². The van der Waals surface area contributed by atoms with E-state index in [2.05, 4.69) is 31.6 Å². The molecule has 2 aromatic heterocycles. The summed E-state index contributed by atoms with van der Waals surface area (Å²) >= 11 is 5.20. The molecule has 3 aromatic rings. The Kier molecular flexibility index (Phi) is 5.49. The number of rotatable bonds is 4. The summed E-state index contributed by atoms with van der Waals surface area (Å²) in [4.78, 5) is 18.0. The molecule has 4 nitrogen and oxygen atoms in total. The number of aromatic carboxylic acids is 1. The molecule has 4 rings (SSSR count). The number of benzene rings is 1. The topological polar surface area (TPSA) is 54.6 Å². The van der Waals surface area contributed by atoms with Gasteiger partial charge in [0.05, 0.1) is 11.3 Å². The maximum Gasteiger partial charge on any atom is 0.339 e. The molecule has 2 heterocycles. The van der Waals surface area contributed by atoms with Crippen molar-refractivity contribution in [1.82, 2.24) is 4.57 Å². The van der Waals surface area contributed by atoms with Crippen molar-refractivity contribution >= 4 is 45.1 Å². The van der Waals surface area contributed by atoms with Gasteiger partial charge in [-0.15, -0.1) is 11.3 Å². The molecular formula is C23H23BrN2O2S. The molecule has 150 valence electrons. The minimum absolute atomic E-state index is 0.483. The number of aromatic nitrogens is 1. The zero-order valence-corrected chi connectivity index (χ0v) is 19.2. The molecular weight excluding hydrogens is 448 g/mol. The fourth-order valence-corrected chi connectivity index (χ4v) is 6.10. The van der Waals surface area contributed by atoms with Crippen molar-refractivity contribution in [2.45, 2.75) is 46.5 Å². The number of carboxylic acid groups (broad SMARTS) is 1. The predicted molar refractivity (Wildman–Crippen MR) is 123 cm³/mol. The molecule has 0 atom stereocenters. The third-order valence-corrected chi connectivity index (χ3v) is 7.40. The van der Waals surface area contributed by atoms with Crippen LogP contribution in [-0.4, -0.2) is 21.9 Å². The van der Waals surface area contributed by atoms with Gasteiger partial charge in [-0.05, 0) is 91.7 Å². The van der Waals surface area contributed by atoms with Crippen LogP contribution in [0.4, 0.5) is 5.69 Å². The summed E-state index contributed by atoms with van der Waals surface area (Å²) in [5, 5.41) is 10.8. The van der Waals surface area contributed by atoms with Gasteiger partial charge in [-0.25, -0.2) is 4.79 Å². The lowest BCUT2D eigenvalue weighted by Crippen LogP contribution is -2.09. The van der Waals surface area contributed by atoms with Gasteiger partial charge in [0.15, 0.2) is 0 Å². The Morgan fingerprint density at radius 3 is 2.69 bits per heavy atom. The molecule has 6 heteroatoms. The van der Waals surface area contributed by atoms with Crippen LogP contribution in [0.3, 0.4) is 0 Å². The first-order valence-corrected chi connectivity index (χ1v) is 11.3. The Labute approximate surface area is 183 Å². The zero-order chi connectivity index (χ0) is 20.7. The number of nitrogens with zero attached hydrogens (tertiary/aromatic N) is 2. The van der Waals surface area contributed by atoms with Crippen LogP contribution in [-0.2, 0) is 12.8 Å². The molecule has 0 saturated heterocycles. The van der Waals surface area contributed by atoms with Crippen LogP contribution in [0.5, 0.6) is 0 Å². The molecule has 1 aliphatic carbocycles. The Morgan fingerprint density at radius 2 is 1.97 bits per heavy atom. The minimum atomic E-state index is -0.828. The number of carboxylic acids is 1. The largest absolute Gasteiger partial charge is 0.478 e. The van der Waals surface area contributed by atoms with Crippen LogP contribution in [0, 0.1) is 20.8 Å². The number of hydrogen-bond donors (Lipinski definition) is 1. The molecule has 1 aromatic carbocycles. The Balaban J connectivity index is 1.78. The van der Waals surface area contributed by atoms with E-state index < -0.39 is 5.97 Å². The fourth-order valence-electron chi connectivity index (χ4n) is 4.02. The smallest absolute Gasteiger partial charge is 0.339 e. The van der Waals surface area contributed by atoms with Crippen molar-refractivity contribution in [3.8, 4) is 5.00 Å². The van der Waals surface area contributed by atoms with E-state index in [-0.39, 0.29) is 0 Å². The number of thiophene rings is 1. The third kappa shape index (κ3) is 3.71. The highest BCUT2D eigenvalue weighted by Crippen LogP contribution is 2.38. The average Bonchev–Trinajstić information content (AvgIpc) is 3.17. The van der Waals surface area contributed by atoms with Crippen molar-refractivity contribution in [2.75, 3.05) is 0 Å². The molecule has 29 heavy (non-hydrogen) atoms. The summed E-state index contributed by atoms with van der Waals surface area (Å²) in [6.45, 7) is 6.10. The molecule has 1 aliphatic rings. The van der Waals surface area contributed by atoms with Crippen molar-refractivity contribution < 1.29 is 9.90 Å². The van der Waals surface area contributed by atoms with E-state index in [0.717, 1.165) is 63.4 Å². The molecule has 0 fully saturated rings. The lowest BCUT2D eigenvalue weighted by Gasteiger charge is -2.11. The van der Waals surface area contributed by atoms with Crippen molar-refractivity contribution in [3.63, 3.8) is 0 Å². The van der Waals surface area contributed by atoms with Crippen LogP contribution < -0.4 is 0 Å². The number of halogens is 1. The van der Waals surface area contributed by atoms with E-state index >= 15 is 0 Å². The zero-order valence-electron chi connectivity index (χ0n) is 16.8. The van der Waals surface area contributed by atoms with Gasteiger partial charge in [-0.1, -0.05) is 6.07 Å². The Morgan fingerprint density at radius 1 is 1.21 bits per heavy atom. The third-order valence-electron chi connectivity index (χ3n) is 5.49. The van der Waals surface area contributed by atoms with Gasteiger partial charge in [0.25, 0.3) is 0 Å². The van der Waals surface area contributed by atoms with Gasteiger partial charge in [-0.2, -0.15) is 0 Å². The number of aliphatic imine (C=N–C) groups is 1. The molecule has 0 bridgehead atoms. The first-order chi connectivity index (χ1) is 13.9. The fraction of sp³-hybridized carbons (Fsp3) is 0.304. The normalized spacial score (nSPS) is 13.8. The predicted octanol–water partition coefficient (Wildman–Crippen LogP) is 6.55. The summed E-state index contributed by atoms with van der Waals surface area (Å²) in [6.07, 6.45) is 5.91. The summed E-state index contributed by atoms with van der Waals surface area (Å²) in [6, 6.07) is 8.15. The van der Waals surface area contributed by atoms with E-state index in [0.29, 0.717) is 5.56 Å². The van der Waals surface area contributed by atoms with Crippen molar-refractivity contribution in [3.05, 3.63) is 67.3 Å². The maximum absolute atomic E-state index is 12.1. The van der Waals surface area contributed by atoms with E-state index in [4.69, 9.17) is 0 Å². The van der Waals surface area contributed by atoms with Gasteiger partial charge < -0.3 is 9.67 Å². The van der Waals surface area contributed by atoms with Crippen molar-refractivity contribution in [1.29, 1.82) is 0 Å². The SMILES string of the molecule is Cc1ccc(N=Cc2cc(C)n(-c3sc4c(c3C(=O)O)CCCC4)c2C)c(Br)c1. The lowest BCUT2D eigenvalue weighted by molar-refractivity contribution is 0.0696. The number of hydrogen-bond acceptors (Lipinski definition) is 3. The summed E-state index contributed by atoms with van der Waals surface area (Å²) in [7, 11) is 0. The average molecular weight is 471 g/mol. The standard InChI is InChI=1S/C23H23BrN2O2S/c1-13-8-9-19(18(24)10-13)25-12-16-11-14(2)26(15(16)3)22-21(23(27)28)17-6-4-5-7-20(17)29-22/h8-12H,4-7H2,1-3H3,(H,27,28). The first kappa shape index (κ1) is 20.1. The molecule has 1 N–H and O–H groups in total.